The zero-order valence-electron chi connectivity index (χ0n) is 13.3. The molecule has 1 aromatic rings. The summed E-state index contributed by atoms with van der Waals surface area (Å²) in [7, 11) is 0. The highest BCUT2D eigenvalue weighted by molar-refractivity contribution is 5.96. The largest absolute Gasteiger partial charge is 0.366 e. The van der Waals surface area contributed by atoms with Gasteiger partial charge in [-0.25, -0.2) is 0 Å². The van der Waals surface area contributed by atoms with Crippen LogP contribution in [0.15, 0.2) is 18.2 Å². The van der Waals surface area contributed by atoms with E-state index >= 15 is 0 Å². The van der Waals surface area contributed by atoms with Gasteiger partial charge >= 0.3 is 0 Å². The van der Waals surface area contributed by atoms with Crippen LogP contribution in [-0.4, -0.2) is 54.5 Å². The van der Waals surface area contributed by atoms with Crippen LogP contribution in [0.1, 0.15) is 30.1 Å². The first kappa shape index (κ1) is 15.7. The number of nitrogens with zero attached hydrogens (tertiary/aromatic N) is 3. The number of anilines is 1. The van der Waals surface area contributed by atoms with E-state index in [2.05, 4.69) is 5.32 Å². The number of amides is 1. The minimum Gasteiger partial charge on any atom is -0.366 e. The molecular formula is C16H22N4O3. The molecule has 124 valence electrons. The van der Waals surface area contributed by atoms with Gasteiger partial charge < -0.3 is 15.1 Å². The molecule has 2 aliphatic heterocycles. The van der Waals surface area contributed by atoms with Crippen LogP contribution in [-0.2, 0) is 0 Å². The monoisotopic (exact) mass is 318 g/mol. The number of carbonyl (C=O) groups excluding carboxylic acids is 1. The van der Waals surface area contributed by atoms with E-state index < -0.39 is 0 Å². The van der Waals surface area contributed by atoms with Crippen LogP contribution in [0.5, 0.6) is 0 Å². The number of hydrogen-bond acceptors (Lipinski definition) is 5. The van der Waals surface area contributed by atoms with Crippen molar-refractivity contribution in [2.45, 2.75) is 25.8 Å². The van der Waals surface area contributed by atoms with Gasteiger partial charge in [0, 0.05) is 50.4 Å². The summed E-state index contributed by atoms with van der Waals surface area (Å²) in [5, 5.41) is 14.7. The van der Waals surface area contributed by atoms with Crippen molar-refractivity contribution in [2.75, 3.05) is 37.6 Å². The summed E-state index contributed by atoms with van der Waals surface area (Å²) >= 11 is 0. The van der Waals surface area contributed by atoms with Gasteiger partial charge in [-0.1, -0.05) is 0 Å². The second kappa shape index (κ2) is 6.54. The lowest BCUT2D eigenvalue weighted by molar-refractivity contribution is -0.384. The number of nitrogens with one attached hydrogen (secondary N) is 1. The number of carbonyl (C=O) groups is 1. The quantitative estimate of drug-likeness (QED) is 0.677. The summed E-state index contributed by atoms with van der Waals surface area (Å²) in [5.74, 6) is -0.130. The third kappa shape index (κ3) is 3.14. The van der Waals surface area contributed by atoms with Crippen LogP contribution in [0.2, 0.25) is 0 Å². The number of rotatable bonds is 3. The lowest BCUT2D eigenvalue weighted by atomic mass is 10.1. The molecule has 0 aliphatic carbocycles. The second-order valence-electron chi connectivity index (χ2n) is 6.21. The van der Waals surface area contributed by atoms with Crippen LogP contribution >= 0.6 is 0 Å². The molecule has 2 fully saturated rings. The van der Waals surface area contributed by atoms with E-state index in [0.29, 0.717) is 17.8 Å². The first-order valence-corrected chi connectivity index (χ1v) is 8.13. The highest BCUT2D eigenvalue weighted by atomic mass is 16.6. The third-order valence-corrected chi connectivity index (χ3v) is 4.63. The summed E-state index contributed by atoms with van der Waals surface area (Å²) in [6.45, 7) is 5.79. The predicted molar refractivity (Wildman–Crippen MR) is 87.9 cm³/mol. The van der Waals surface area contributed by atoms with Crippen LogP contribution in [0.25, 0.3) is 0 Å². The van der Waals surface area contributed by atoms with Gasteiger partial charge in [0.1, 0.15) is 5.69 Å². The van der Waals surface area contributed by atoms with Crippen molar-refractivity contribution in [1.82, 2.24) is 10.2 Å². The molecule has 2 aliphatic rings. The number of nitro groups is 1. The van der Waals surface area contributed by atoms with Crippen molar-refractivity contribution in [2.24, 2.45) is 0 Å². The SMILES string of the molecule is CC1CNCCN1C(=O)c1ccc(N2CCCC2)c([N+](=O)[O-])c1. The topological polar surface area (TPSA) is 78.7 Å². The molecule has 2 saturated heterocycles. The molecule has 1 N–H and O–H groups in total. The van der Waals surface area contributed by atoms with Crippen LogP contribution in [0.4, 0.5) is 11.4 Å². The molecular weight excluding hydrogens is 296 g/mol. The van der Waals surface area contributed by atoms with Gasteiger partial charge in [-0.2, -0.15) is 0 Å². The number of nitro benzene ring substituents is 1. The Morgan fingerprint density at radius 2 is 2.04 bits per heavy atom. The first-order valence-electron chi connectivity index (χ1n) is 8.13. The van der Waals surface area contributed by atoms with Gasteiger partial charge in [0.15, 0.2) is 0 Å². The average molecular weight is 318 g/mol. The van der Waals surface area contributed by atoms with Crippen molar-refractivity contribution in [3.63, 3.8) is 0 Å². The highest BCUT2D eigenvalue weighted by Crippen LogP contribution is 2.32. The Balaban J connectivity index is 1.89. The fourth-order valence-corrected chi connectivity index (χ4v) is 3.34. The maximum atomic E-state index is 12.7. The van der Waals surface area contributed by atoms with E-state index in [0.717, 1.165) is 39.0 Å². The zero-order chi connectivity index (χ0) is 16.4. The standard InChI is InChI=1S/C16H22N4O3/c1-12-11-17-6-9-19(12)16(21)13-4-5-14(15(10-13)20(22)23)18-7-2-3-8-18/h4-5,10,12,17H,2-3,6-9,11H2,1H3. The molecule has 2 heterocycles. The third-order valence-electron chi connectivity index (χ3n) is 4.63. The molecule has 0 radical (unpaired) electrons. The summed E-state index contributed by atoms with van der Waals surface area (Å²) in [4.78, 5) is 27.5. The maximum Gasteiger partial charge on any atom is 0.293 e. The smallest absolute Gasteiger partial charge is 0.293 e. The van der Waals surface area contributed by atoms with Crippen LogP contribution in [0, 0.1) is 10.1 Å². The lowest BCUT2D eigenvalue weighted by Crippen LogP contribution is -2.52. The van der Waals surface area contributed by atoms with Crippen molar-refractivity contribution in [1.29, 1.82) is 0 Å². The number of hydrogen-bond donors (Lipinski definition) is 1. The second-order valence-corrected chi connectivity index (χ2v) is 6.21. The Morgan fingerprint density at radius 3 is 2.70 bits per heavy atom. The fraction of sp³-hybridized carbons (Fsp3) is 0.562. The van der Waals surface area contributed by atoms with Crippen LogP contribution < -0.4 is 10.2 Å². The maximum absolute atomic E-state index is 12.7. The van der Waals surface area contributed by atoms with E-state index in [1.807, 2.05) is 11.8 Å². The summed E-state index contributed by atoms with van der Waals surface area (Å²) < 4.78 is 0. The normalized spacial score (nSPS) is 21.5. The molecule has 23 heavy (non-hydrogen) atoms. The van der Waals surface area contributed by atoms with Gasteiger partial charge in [-0.3, -0.25) is 14.9 Å². The molecule has 1 unspecified atom stereocenters. The Morgan fingerprint density at radius 1 is 1.30 bits per heavy atom. The van der Waals surface area contributed by atoms with Crippen molar-refractivity contribution >= 4 is 17.3 Å². The Hall–Kier alpha value is -2.15. The van der Waals surface area contributed by atoms with E-state index in [1.165, 1.54) is 6.07 Å². The van der Waals surface area contributed by atoms with Crippen molar-refractivity contribution in [3.8, 4) is 0 Å². The minimum absolute atomic E-state index is 0.0283. The first-order chi connectivity index (χ1) is 11.1. The fourth-order valence-electron chi connectivity index (χ4n) is 3.34. The molecule has 0 spiro atoms. The molecule has 1 aromatic carbocycles. The van der Waals surface area contributed by atoms with Crippen molar-refractivity contribution in [3.05, 3.63) is 33.9 Å². The average Bonchev–Trinajstić information content (AvgIpc) is 3.08. The molecule has 0 saturated carbocycles. The predicted octanol–water partition coefficient (Wildman–Crippen LogP) is 1.63. The molecule has 1 amide bonds. The Kier molecular flexibility index (Phi) is 4.47. The number of piperazine rings is 1. The Labute approximate surface area is 135 Å². The van der Waals surface area contributed by atoms with E-state index in [1.54, 1.807) is 17.0 Å². The summed E-state index contributed by atoms with van der Waals surface area (Å²) in [6, 6.07) is 4.97. The lowest BCUT2D eigenvalue weighted by Gasteiger charge is -2.34. The van der Waals surface area contributed by atoms with Gasteiger partial charge in [0.2, 0.25) is 0 Å². The van der Waals surface area contributed by atoms with Crippen molar-refractivity contribution < 1.29 is 9.72 Å². The van der Waals surface area contributed by atoms with E-state index in [4.69, 9.17) is 0 Å². The number of benzene rings is 1. The van der Waals surface area contributed by atoms with Crippen LogP contribution in [0.3, 0.4) is 0 Å². The highest BCUT2D eigenvalue weighted by Gasteiger charge is 2.28. The minimum atomic E-state index is -0.383. The van der Waals surface area contributed by atoms with E-state index in [-0.39, 0.29) is 22.6 Å². The molecule has 0 bridgehead atoms. The van der Waals surface area contributed by atoms with Gasteiger partial charge in [0.05, 0.1) is 4.92 Å². The van der Waals surface area contributed by atoms with E-state index in [9.17, 15) is 14.9 Å². The molecule has 3 rings (SSSR count). The zero-order valence-corrected chi connectivity index (χ0v) is 13.3. The van der Waals surface area contributed by atoms with Gasteiger partial charge in [-0.15, -0.1) is 0 Å². The van der Waals surface area contributed by atoms with Gasteiger partial charge in [-0.05, 0) is 31.9 Å². The molecule has 1 atom stereocenters. The molecule has 7 nitrogen and oxygen atoms in total. The van der Waals surface area contributed by atoms with Gasteiger partial charge in [0.25, 0.3) is 11.6 Å². The summed E-state index contributed by atoms with van der Waals surface area (Å²) in [6.07, 6.45) is 2.10. The summed E-state index contributed by atoms with van der Waals surface area (Å²) in [5.41, 5.74) is 1.05. The Bertz CT molecular complexity index is 613. The molecule has 0 aromatic heterocycles. The molecule has 7 heteroatoms.